The van der Waals surface area contributed by atoms with Crippen LogP contribution in [0.15, 0.2) is 24.3 Å². The molecule has 0 aliphatic heterocycles. The second kappa shape index (κ2) is 6.87. The Kier molecular flexibility index (Phi) is 5.48. The number of carboxylic acid groups (broad SMARTS) is 1. The molecule has 5 heteroatoms. The van der Waals surface area contributed by atoms with Crippen LogP contribution in [0.2, 0.25) is 0 Å². The molecule has 1 amide bonds. The molecule has 2 N–H and O–H groups in total. The lowest BCUT2D eigenvalue weighted by atomic mass is 9.94. The van der Waals surface area contributed by atoms with Crippen LogP contribution in [0, 0.1) is 5.82 Å². The van der Waals surface area contributed by atoms with Gasteiger partial charge in [0, 0.05) is 6.04 Å². The molecule has 0 heterocycles. The molecule has 4 nitrogen and oxygen atoms in total. The van der Waals surface area contributed by atoms with Crippen molar-refractivity contribution in [3.63, 3.8) is 0 Å². The Bertz CT molecular complexity index is 462. The lowest BCUT2D eigenvalue weighted by molar-refractivity contribution is -0.139. The third kappa shape index (κ3) is 4.69. The Morgan fingerprint density at radius 1 is 1.42 bits per heavy atom. The van der Waals surface area contributed by atoms with E-state index in [4.69, 9.17) is 5.11 Å². The zero-order chi connectivity index (χ0) is 14.4. The second-order valence-electron chi connectivity index (χ2n) is 4.52. The van der Waals surface area contributed by atoms with Gasteiger partial charge in [0.25, 0.3) is 0 Å². The van der Waals surface area contributed by atoms with E-state index in [2.05, 4.69) is 5.32 Å². The lowest BCUT2D eigenvalue weighted by Gasteiger charge is -2.18. The van der Waals surface area contributed by atoms with Gasteiger partial charge in [-0.15, -0.1) is 0 Å². The minimum Gasteiger partial charge on any atom is -0.481 e. The van der Waals surface area contributed by atoms with Crippen LogP contribution in [0.5, 0.6) is 0 Å². The maximum Gasteiger partial charge on any atom is 0.304 e. The average Bonchev–Trinajstić information content (AvgIpc) is 2.35. The SMILES string of the molecule is CCC(C)NC(=O)C(CC(=O)O)c1cccc(F)c1. The molecular weight excluding hydrogens is 249 g/mol. The molecule has 0 radical (unpaired) electrons. The van der Waals surface area contributed by atoms with Crippen molar-refractivity contribution >= 4 is 11.9 Å². The maximum absolute atomic E-state index is 13.2. The van der Waals surface area contributed by atoms with E-state index >= 15 is 0 Å². The number of benzene rings is 1. The number of halogens is 1. The smallest absolute Gasteiger partial charge is 0.304 e. The molecule has 2 unspecified atom stereocenters. The number of carbonyl (C=O) groups is 2. The van der Waals surface area contributed by atoms with Gasteiger partial charge in [0.15, 0.2) is 0 Å². The van der Waals surface area contributed by atoms with Gasteiger partial charge in [-0.05, 0) is 31.0 Å². The maximum atomic E-state index is 13.2. The van der Waals surface area contributed by atoms with Gasteiger partial charge < -0.3 is 10.4 Å². The van der Waals surface area contributed by atoms with Gasteiger partial charge >= 0.3 is 5.97 Å². The van der Waals surface area contributed by atoms with Gasteiger partial charge in [-0.1, -0.05) is 19.1 Å². The number of amides is 1. The zero-order valence-electron chi connectivity index (χ0n) is 11.0. The monoisotopic (exact) mass is 267 g/mol. The summed E-state index contributed by atoms with van der Waals surface area (Å²) in [6, 6.07) is 5.44. The van der Waals surface area contributed by atoms with Crippen molar-refractivity contribution in [1.29, 1.82) is 0 Å². The van der Waals surface area contributed by atoms with E-state index in [1.165, 1.54) is 18.2 Å². The summed E-state index contributed by atoms with van der Waals surface area (Å²) in [6.07, 6.45) is 0.389. The van der Waals surface area contributed by atoms with E-state index in [-0.39, 0.29) is 18.4 Å². The third-order valence-electron chi connectivity index (χ3n) is 2.95. The van der Waals surface area contributed by atoms with Gasteiger partial charge in [0.1, 0.15) is 5.82 Å². The number of carbonyl (C=O) groups excluding carboxylic acids is 1. The second-order valence-corrected chi connectivity index (χ2v) is 4.52. The minimum atomic E-state index is -1.09. The van der Waals surface area contributed by atoms with Gasteiger partial charge in [-0.25, -0.2) is 4.39 Å². The first-order valence-corrected chi connectivity index (χ1v) is 6.21. The Labute approximate surface area is 111 Å². The van der Waals surface area contributed by atoms with Crippen LogP contribution >= 0.6 is 0 Å². The first kappa shape index (κ1) is 15.1. The van der Waals surface area contributed by atoms with E-state index in [1.807, 2.05) is 13.8 Å². The molecule has 0 saturated carbocycles. The molecule has 0 fully saturated rings. The number of hydrogen-bond donors (Lipinski definition) is 2. The Balaban J connectivity index is 2.94. The van der Waals surface area contributed by atoms with Gasteiger partial charge in [-0.3, -0.25) is 9.59 Å². The molecule has 0 aromatic heterocycles. The molecular formula is C14H18FNO3. The fraction of sp³-hybridized carbons (Fsp3) is 0.429. The minimum absolute atomic E-state index is 0.0441. The molecule has 0 bridgehead atoms. The highest BCUT2D eigenvalue weighted by atomic mass is 19.1. The predicted molar refractivity (Wildman–Crippen MR) is 69.3 cm³/mol. The largest absolute Gasteiger partial charge is 0.481 e. The summed E-state index contributed by atoms with van der Waals surface area (Å²) in [5.74, 6) is -2.83. The molecule has 0 aliphatic carbocycles. The van der Waals surface area contributed by atoms with Crippen LogP contribution in [0.25, 0.3) is 0 Å². The van der Waals surface area contributed by atoms with E-state index < -0.39 is 17.7 Å². The van der Waals surface area contributed by atoms with Crippen molar-refractivity contribution in [2.45, 2.75) is 38.6 Å². The zero-order valence-corrected chi connectivity index (χ0v) is 11.0. The molecule has 1 aromatic carbocycles. The molecule has 19 heavy (non-hydrogen) atoms. The van der Waals surface area contributed by atoms with Crippen LogP contribution < -0.4 is 5.32 Å². The summed E-state index contributed by atoms with van der Waals surface area (Å²) >= 11 is 0. The highest BCUT2D eigenvalue weighted by Gasteiger charge is 2.24. The Morgan fingerprint density at radius 2 is 2.11 bits per heavy atom. The summed E-state index contributed by atoms with van der Waals surface area (Å²) in [7, 11) is 0. The predicted octanol–water partition coefficient (Wildman–Crippen LogP) is 2.30. The van der Waals surface area contributed by atoms with Crippen molar-refractivity contribution in [2.24, 2.45) is 0 Å². The Hall–Kier alpha value is -1.91. The van der Waals surface area contributed by atoms with Crippen molar-refractivity contribution < 1.29 is 19.1 Å². The van der Waals surface area contributed by atoms with Crippen LogP contribution in [-0.2, 0) is 9.59 Å². The van der Waals surface area contributed by atoms with E-state index in [0.29, 0.717) is 5.56 Å². The Morgan fingerprint density at radius 3 is 2.63 bits per heavy atom. The van der Waals surface area contributed by atoms with Crippen LogP contribution in [0.4, 0.5) is 4.39 Å². The first-order chi connectivity index (χ1) is 8.93. The lowest BCUT2D eigenvalue weighted by Crippen LogP contribution is -2.36. The van der Waals surface area contributed by atoms with Crippen molar-refractivity contribution in [3.8, 4) is 0 Å². The normalized spacial score (nSPS) is 13.6. The number of nitrogens with one attached hydrogen (secondary N) is 1. The van der Waals surface area contributed by atoms with Gasteiger partial charge in [0.2, 0.25) is 5.91 Å². The summed E-state index contributed by atoms with van der Waals surface area (Å²) in [5.41, 5.74) is 0.378. The standard InChI is InChI=1S/C14H18FNO3/c1-3-9(2)16-14(19)12(8-13(17)18)10-5-4-6-11(15)7-10/h4-7,9,12H,3,8H2,1-2H3,(H,16,19)(H,17,18). The fourth-order valence-electron chi connectivity index (χ4n) is 1.71. The van der Waals surface area contributed by atoms with Crippen molar-refractivity contribution in [3.05, 3.63) is 35.6 Å². The van der Waals surface area contributed by atoms with Gasteiger partial charge in [0.05, 0.1) is 12.3 Å². The molecule has 0 saturated heterocycles. The summed E-state index contributed by atoms with van der Waals surface area (Å²) < 4.78 is 13.2. The summed E-state index contributed by atoms with van der Waals surface area (Å²) in [4.78, 5) is 22.9. The number of aliphatic carboxylic acids is 1. The number of hydrogen-bond acceptors (Lipinski definition) is 2. The molecule has 104 valence electrons. The molecule has 2 atom stereocenters. The van der Waals surface area contributed by atoms with Crippen LogP contribution in [0.1, 0.15) is 38.2 Å². The third-order valence-corrected chi connectivity index (χ3v) is 2.95. The summed E-state index contributed by atoms with van der Waals surface area (Å²) in [5, 5.41) is 11.6. The highest BCUT2D eigenvalue weighted by Crippen LogP contribution is 2.21. The highest BCUT2D eigenvalue weighted by molar-refractivity contribution is 5.87. The fourth-order valence-corrected chi connectivity index (χ4v) is 1.71. The van der Waals surface area contributed by atoms with Crippen LogP contribution in [-0.4, -0.2) is 23.0 Å². The van der Waals surface area contributed by atoms with Crippen molar-refractivity contribution in [1.82, 2.24) is 5.32 Å². The number of carboxylic acids is 1. The molecule has 1 aromatic rings. The van der Waals surface area contributed by atoms with Gasteiger partial charge in [-0.2, -0.15) is 0 Å². The average molecular weight is 267 g/mol. The van der Waals surface area contributed by atoms with Crippen molar-refractivity contribution in [2.75, 3.05) is 0 Å². The van der Waals surface area contributed by atoms with E-state index in [0.717, 1.165) is 6.42 Å². The number of rotatable bonds is 6. The molecule has 0 aliphatic rings. The van der Waals surface area contributed by atoms with E-state index in [9.17, 15) is 14.0 Å². The van der Waals surface area contributed by atoms with Crippen LogP contribution in [0.3, 0.4) is 0 Å². The molecule has 0 spiro atoms. The summed E-state index contributed by atoms with van der Waals surface area (Å²) in [6.45, 7) is 3.75. The quantitative estimate of drug-likeness (QED) is 0.831. The van der Waals surface area contributed by atoms with E-state index in [1.54, 1.807) is 6.07 Å². The molecule has 1 rings (SSSR count). The first-order valence-electron chi connectivity index (χ1n) is 6.21. The topological polar surface area (TPSA) is 66.4 Å².